The van der Waals surface area contributed by atoms with E-state index in [0.717, 1.165) is 17.5 Å². The molecule has 2 aromatic carbocycles. The van der Waals surface area contributed by atoms with Gasteiger partial charge in [0.15, 0.2) is 0 Å². The number of benzene rings is 2. The van der Waals surface area contributed by atoms with Crippen LogP contribution in [0.4, 0.5) is 5.69 Å². The topological polar surface area (TPSA) is 66.5 Å². The van der Waals surface area contributed by atoms with Crippen molar-refractivity contribution in [3.63, 3.8) is 0 Å². The zero-order valence-corrected chi connectivity index (χ0v) is 11.8. The maximum atomic E-state index is 10.2. The second kappa shape index (κ2) is 6.18. The van der Waals surface area contributed by atoms with Gasteiger partial charge in [-0.25, -0.2) is 0 Å². The zero-order chi connectivity index (χ0) is 15.4. The first-order valence-electron chi connectivity index (χ1n) is 6.72. The fraction of sp³-hybridized carbons (Fsp3) is 0.111. The molecule has 0 radical (unpaired) electrons. The summed E-state index contributed by atoms with van der Waals surface area (Å²) in [4.78, 5) is 0. The lowest BCUT2D eigenvalue weighted by Crippen LogP contribution is -1.95. The molecule has 3 heteroatoms. The fourth-order valence-corrected chi connectivity index (χ4v) is 2.30. The first-order valence-corrected chi connectivity index (χ1v) is 6.72. The number of hydrogen-bond acceptors (Lipinski definition) is 3. The standard InChI is InChI=1S/C18H19NO2/c1-3-6-12-8-5-9-13(10-12)15-11-14(7-4-2)17(20)16(19)18(15)21/h3-5,8-11,20-21H,1-2,6-7,19H2. The highest BCUT2D eigenvalue weighted by atomic mass is 16.3. The predicted molar refractivity (Wildman–Crippen MR) is 87.4 cm³/mol. The predicted octanol–water partition coefficient (Wildman–Crippen LogP) is 3.80. The maximum Gasteiger partial charge on any atom is 0.150 e. The Morgan fingerprint density at radius 1 is 1.00 bits per heavy atom. The van der Waals surface area contributed by atoms with Gasteiger partial charge in [0, 0.05) is 11.1 Å². The van der Waals surface area contributed by atoms with Crippen LogP contribution >= 0.6 is 0 Å². The van der Waals surface area contributed by atoms with Gasteiger partial charge in [-0.05, 0) is 30.0 Å². The van der Waals surface area contributed by atoms with E-state index in [4.69, 9.17) is 5.73 Å². The molecule has 0 atom stereocenters. The van der Waals surface area contributed by atoms with Crippen LogP contribution < -0.4 is 5.73 Å². The van der Waals surface area contributed by atoms with E-state index in [9.17, 15) is 10.2 Å². The van der Waals surface area contributed by atoms with Crippen molar-refractivity contribution in [1.29, 1.82) is 0 Å². The average molecular weight is 281 g/mol. The average Bonchev–Trinajstić information content (AvgIpc) is 2.48. The number of aromatic hydroxyl groups is 2. The number of hydrogen-bond donors (Lipinski definition) is 3. The summed E-state index contributed by atoms with van der Waals surface area (Å²) in [5.74, 6) is -0.186. The van der Waals surface area contributed by atoms with Gasteiger partial charge < -0.3 is 15.9 Å². The van der Waals surface area contributed by atoms with Crippen LogP contribution in [0, 0.1) is 0 Å². The van der Waals surface area contributed by atoms with Crippen LogP contribution in [-0.4, -0.2) is 10.2 Å². The van der Waals surface area contributed by atoms with Gasteiger partial charge in [-0.2, -0.15) is 0 Å². The summed E-state index contributed by atoms with van der Waals surface area (Å²) in [6, 6.07) is 9.54. The molecule has 0 amide bonds. The first-order chi connectivity index (χ1) is 10.1. The summed E-state index contributed by atoms with van der Waals surface area (Å²) in [7, 11) is 0. The molecule has 0 saturated heterocycles. The molecule has 21 heavy (non-hydrogen) atoms. The molecule has 2 rings (SSSR count). The third-order valence-corrected chi connectivity index (χ3v) is 3.37. The molecule has 0 unspecified atom stereocenters. The number of rotatable bonds is 5. The molecule has 3 nitrogen and oxygen atoms in total. The molecule has 0 bridgehead atoms. The van der Waals surface area contributed by atoms with E-state index in [1.165, 1.54) is 0 Å². The highest BCUT2D eigenvalue weighted by molar-refractivity contribution is 5.82. The summed E-state index contributed by atoms with van der Waals surface area (Å²) >= 11 is 0. The second-order valence-electron chi connectivity index (χ2n) is 4.88. The Morgan fingerprint density at radius 3 is 2.38 bits per heavy atom. The molecule has 0 aliphatic heterocycles. The van der Waals surface area contributed by atoms with Crippen LogP contribution in [0.3, 0.4) is 0 Å². The Hall–Kier alpha value is -2.68. The van der Waals surface area contributed by atoms with Gasteiger partial charge in [0.2, 0.25) is 0 Å². The van der Waals surface area contributed by atoms with Crippen LogP contribution in [0.5, 0.6) is 11.5 Å². The highest BCUT2D eigenvalue weighted by Crippen LogP contribution is 2.42. The SMILES string of the molecule is C=CCc1cccc(-c2cc(CC=C)c(O)c(N)c2O)c1. The van der Waals surface area contributed by atoms with E-state index in [1.54, 1.807) is 12.1 Å². The Morgan fingerprint density at radius 2 is 1.71 bits per heavy atom. The van der Waals surface area contributed by atoms with Crippen molar-refractivity contribution >= 4 is 5.69 Å². The summed E-state index contributed by atoms with van der Waals surface area (Å²) < 4.78 is 0. The number of anilines is 1. The quantitative estimate of drug-likeness (QED) is 0.443. The van der Waals surface area contributed by atoms with Crippen LogP contribution in [-0.2, 0) is 12.8 Å². The molecule has 0 heterocycles. The molecule has 108 valence electrons. The molecule has 0 aliphatic rings. The third-order valence-electron chi connectivity index (χ3n) is 3.37. The number of allylic oxidation sites excluding steroid dienone is 2. The molecule has 4 N–H and O–H groups in total. The Kier molecular flexibility index (Phi) is 4.33. The normalized spacial score (nSPS) is 10.3. The van der Waals surface area contributed by atoms with E-state index in [2.05, 4.69) is 13.2 Å². The van der Waals surface area contributed by atoms with Gasteiger partial charge in [0.1, 0.15) is 17.2 Å². The minimum Gasteiger partial charge on any atom is -0.505 e. The number of phenols is 2. The Bertz CT molecular complexity index is 690. The van der Waals surface area contributed by atoms with Crippen molar-refractivity contribution < 1.29 is 10.2 Å². The summed E-state index contributed by atoms with van der Waals surface area (Å²) in [5.41, 5.74) is 8.99. The number of nitrogens with two attached hydrogens (primary N) is 1. The molecule has 0 spiro atoms. The molecular formula is C18H19NO2. The molecular weight excluding hydrogens is 262 g/mol. The lowest BCUT2D eigenvalue weighted by atomic mass is 9.96. The maximum absolute atomic E-state index is 10.2. The Labute approximate surface area is 124 Å². The van der Waals surface area contributed by atoms with Crippen molar-refractivity contribution in [2.45, 2.75) is 12.8 Å². The highest BCUT2D eigenvalue weighted by Gasteiger charge is 2.15. The molecule has 2 aromatic rings. The van der Waals surface area contributed by atoms with Gasteiger partial charge in [-0.3, -0.25) is 0 Å². The molecule has 0 fully saturated rings. The van der Waals surface area contributed by atoms with E-state index in [0.29, 0.717) is 17.5 Å². The monoisotopic (exact) mass is 281 g/mol. The van der Waals surface area contributed by atoms with Crippen molar-refractivity contribution in [2.75, 3.05) is 5.73 Å². The van der Waals surface area contributed by atoms with Crippen molar-refractivity contribution in [1.82, 2.24) is 0 Å². The van der Waals surface area contributed by atoms with E-state index in [-0.39, 0.29) is 17.2 Å². The van der Waals surface area contributed by atoms with Crippen LogP contribution in [0.25, 0.3) is 11.1 Å². The van der Waals surface area contributed by atoms with Crippen LogP contribution in [0.15, 0.2) is 55.6 Å². The largest absolute Gasteiger partial charge is 0.505 e. The van der Waals surface area contributed by atoms with E-state index in [1.807, 2.05) is 30.3 Å². The second-order valence-corrected chi connectivity index (χ2v) is 4.88. The molecule has 0 aliphatic carbocycles. The first kappa shape index (κ1) is 14.7. The van der Waals surface area contributed by atoms with Crippen LogP contribution in [0.1, 0.15) is 11.1 Å². The number of nitrogen functional groups attached to an aromatic ring is 1. The lowest BCUT2D eigenvalue weighted by molar-refractivity contribution is 0.453. The Balaban J connectivity index is 2.60. The van der Waals surface area contributed by atoms with E-state index < -0.39 is 0 Å². The van der Waals surface area contributed by atoms with Gasteiger partial charge in [-0.1, -0.05) is 36.4 Å². The van der Waals surface area contributed by atoms with Gasteiger partial charge in [0.25, 0.3) is 0 Å². The summed E-state index contributed by atoms with van der Waals surface area (Å²) in [5, 5.41) is 20.2. The third kappa shape index (κ3) is 2.92. The smallest absolute Gasteiger partial charge is 0.150 e. The number of phenolic OH excluding ortho intramolecular Hbond substituents is 2. The minimum atomic E-state index is -0.101. The van der Waals surface area contributed by atoms with Crippen molar-refractivity contribution in [2.24, 2.45) is 0 Å². The lowest BCUT2D eigenvalue weighted by Gasteiger charge is -2.13. The van der Waals surface area contributed by atoms with Crippen LogP contribution in [0.2, 0.25) is 0 Å². The molecule has 0 aromatic heterocycles. The van der Waals surface area contributed by atoms with E-state index >= 15 is 0 Å². The van der Waals surface area contributed by atoms with Gasteiger partial charge >= 0.3 is 0 Å². The van der Waals surface area contributed by atoms with Gasteiger partial charge in [-0.15, -0.1) is 13.2 Å². The zero-order valence-electron chi connectivity index (χ0n) is 11.8. The van der Waals surface area contributed by atoms with Gasteiger partial charge in [0.05, 0.1) is 0 Å². The summed E-state index contributed by atoms with van der Waals surface area (Å²) in [6.07, 6.45) is 4.74. The molecule has 0 saturated carbocycles. The minimum absolute atomic E-state index is 0.00141. The van der Waals surface area contributed by atoms with Crippen molar-refractivity contribution in [3.05, 3.63) is 66.8 Å². The van der Waals surface area contributed by atoms with Crippen molar-refractivity contribution in [3.8, 4) is 22.6 Å². The fourth-order valence-electron chi connectivity index (χ4n) is 2.30. The summed E-state index contributed by atoms with van der Waals surface area (Å²) in [6.45, 7) is 7.39.